The fourth-order valence-corrected chi connectivity index (χ4v) is 2.62. The van der Waals surface area contributed by atoms with E-state index in [4.69, 9.17) is 14.2 Å². The molecule has 1 aliphatic heterocycles. The highest BCUT2D eigenvalue weighted by Gasteiger charge is 2.41. The number of carbonyl (C=O) groups excluding carboxylic acids is 1. The maximum Gasteiger partial charge on any atom is 0.248 e. The van der Waals surface area contributed by atoms with E-state index in [1.165, 1.54) is 0 Å². The van der Waals surface area contributed by atoms with Crippen LogP contribution in [0.25, 0.3) is 0 Å². The Bertz CT molecular complexity index is 279. The van der Waals surface area contributed by atoms with Crippen molar-refractivity contribution in [2.24, 2.45) is 0 Å². The molecule has 1 amide bonds. The predicted molar refractivity (Wildman–Crippen MR) is 66.1 cm³/mol. The molecule has 2 aliphatic rings. The van der Waals surface area contributed by atoms with Gasteiger partial charge in [-0.15, -0.1) is 0 Å². The monoisotopic (exact) mass is 257 g/mol. The molecule has 5 nitrogen and oxygen atoms in total. The number of rotatable bonds is 4. The average Bonchev–Trinajstić information content (AvgIpc) is 2.81. The third-order valence-corrected chi connectivity index (χ3v) is 3.62. The van der Waals surface area contributed by atoms with Crippen molar-refractivity contribution < 1.29 is 19.0 Å². The van der Waals surface area contributed by atoms with Crippen LogP contribution in [0.5, 0.6) is 0 Å². The van der Waals surface area contributed by atoms with Crippen LogP contribution < -0.4 is 5.32 Å². The largest absolute Gasteiger partial charge is 0.365 e. The number of nitrogens with one attached hydrogen (secondary N) is 1. The van der Waals surface area contributed by atoms with Crippen LogP contribution in [0.1, 0.15) is 39.5 Å². The molecule has 5 heteroatoms. The van der Waals surface area contributed by atoms with E-state index in [-0.39, 0.29) is 23.9 Å². The molecule has 0 aromatic carbocycles. The minimum absolute atomic E-state index is 0.0360. The number of likely N-dealkylation sites (N-methyl/N-ethyl adjacent to an activating group) is 1. The molecule has 2 fully saturated rings. The minimum Gasteiger partial charge on any atom is -0.365 e. The summed E-state index contributed by atoms with van der Waals surface area (Å²) >= 11 is 0. The standard InChI is InChI=1S/C13H23NO4/c1-3-14-12(15)10(2)18-11-4-6-13(7-5-11)16-8-9-17-13/h10-11H,3-9H2,1-2H3,(H,14,15). The molecule has 1 unspecified atom stereocenters. The topological polar surface area (TPSA) is 56.8 Å². The molecule has 2 rings (SSSR count). The summed E-state index contributed by atoms with van der Waals surface area (Å²) in [6.07, 6.45) is 3.27. The zero-order valence-electron chi connectivity index (χ0n) is 11.2. The first kappa shape index (κ1) is 13.8. The minimum atomic E-state index is -0.380. The summed E-state index contributed by atoms with van der Waals surface area (Å²) in [5.41, 5.74) is 0. The molecule has 0 aromatic rings. The van der Waals surface area contributed by atoms with E-state index in [1.54, 1.807) is 6.92 Å². The lowest BCUT2D eigenvalue weighted by molar-refractivity contribution is -0.195. The van der Waals surface area contributed by atoms with Crippen LogP contribution >= 0.6 is 0 Å². The lowest BCUT2D eigenvalue weighted by Crippen LogP contribution is -2.41. The van der Waals surface area contributed by atoms with E-state index in [0.29, 0.717) is 19.8 Å². The van der Waals surface area contributed by atoms with E-state index in [2.05, 4.69) is 5.32 Å². The molecule has 0 bridgehead atoms. The fraction of sp³-hybridized carbons (Fsp3) is 0.923. The van der Waals surface area contributed by atoms with Crippen molar-refractivity contribution in [3.8, 4) is 0 Å². The van der Waals surface area contributed by atoms with Gasteiger partial charge in [-0.25, -0.2) is 0 Å². The van der Waals surface area contributed by atoms with Gasteiger partial charge in [0.1, 0.15) is 6.10 Å². The number of hydrogen-bond acceptors (Lipinski definition) is 4. The first-order valence-corrected chi connectivity index (χ1v) is 6.86. The average molecular weight is 257 g/mol. The maximum absolute atomic E-state index is 11.6. The van der Waals surface area contributed by atoms with Gasteiger partial charge in [0.05, 0.1) is 19.3 Å². The summed E-state index contributed by atoms with van der Waals surface area (Å²) < 4.78 is 17.1. The van der Waals surface area contributed by atoms with Gasteiger partial charge in [0.25, 0.3) is 0 Å². The Morgan fingerprint density at radius 3 is 2.56 bits per heavy atom. The molecule has 104 valence electrons. The molecule has 1 saturated heterocycles. The smallest absolute Gasteiger partial charge is 0.248 e. The second kappa shape index (κ2) is 5.99. The van der Waals surface area contributed by atoms with Crippen molar-refractivity contribution in [1.29, 1.82) is 0 Å². The van der Waals surface area contributed by atoms with E-state index >= 15 is 0 Å². The Hall–Kier alpha value is -0.650. The summed E-state index contributed by atoms with van der Waals surface area (Å²) in [6, 6.07) is 0. The van der Waals surface area contributed by atoms with Gasteiger partial charge < -0.3 is 19.5 Å². The zero-order valence-corrected chi connectivity index (χ0v) is 11.2. The van der Waals surface area contributed by atoms with Gasteiger partial charge in [-0.3, -0.25) is 4.79 Å². The Labute approximate surface area is 108 Å². The van der Waals surface area contributed by atoms with Crippen molar-refractivity contribution in [3.63, 3.8) is 0 Å². The number of carbonyl (C=O) groups is 1. The van der Waals surface area contributed by atoms with Crippen LogP contribution in [-0.2, 0) is 19.0 Å². The molecule has 1 heterocycles. The lowest BCUT2D eigenvalue weighted by atomic mass is 9.91. The van der Waals surface area contributed by atoms with Crippen LogP contribution in [0.15, 0.2) is 0 Å². The van der Waals surface area contributed by atoms with Crippen molar-refractivity contribution >= 4 is 5.91 Å². The first-order valence-electron chi connectivity index (χ1n) is 6.86. The van der Waals surface area contributed by atoms with Crippen molar-refractivity contribution in [2.45, 2.75) is 57.5 Å². The summed E-state index contributed by atoms with van der Waals surface area (Å²) in [6.45, 7) is 5.74. The van der Waals surface area contributed by atoms with Crippen LogP contribution in [0.3, 0.4) is 0 Å². The van der Waals surface area contributed by atoms with Crippen LogP contribution in [-0.4, -0.2) is 43.7 Å². The second-order valence-electron chi connectivity index (χ2n) is 4.98. The SMILES string of the molecule is CCNC(=O)C(C)OC1CCC2(CC1)OCCO2. The predicted octanol–water partition coefficient (Wildman–Crippen LogP) is 1.21. The molecule has 18 heavy (non-hydrogen) atoms. The first-order chi connectivity index (χ1) is 8.65. The number of amides is 1. The van der Waals surface area contributed by atoms with E-state index < -0.39 is 0 Å². The normalized spacial score (nSPS) is 25.2. The van der Waals surface area contributed by atoms with E-state index in [1.807, 2.05) is 6.92 Å². The van der Waals surface area contributed by atoms with Gasteiger partial charge in [-0.1, -0.05) is 0 Å². The Morgan fingerprint density at radius 1 is 1.39 bits per heavy atom. The van der Waals surface area contributed by atoms with Crippen molar-refractivity contribution in [1.82, 2.24) is 5.32 Å². The van der Waals surface area contributed by atoms with Gasteiger partial charge in [0.2, 0.25) is 5.91 Å². The second-order valence-corrected chi connectivity index (χ2v) is 4.98. The Balaban J connectivity index is 1.74. The van der Waals surface area contributed by atoms with Gasteiger partial charge in [0, 0.05) is 19.4 Å². The lowest BCUT2D eigenvalue weighted by Gasteiger charge is -2.36. The molecule has 1 aliphatic carbocycles. The summed E-state index contributed by atoms with van der Waals surface area (Å²) in [7, 11) is 0. The molecule has 1 atom stereocenters. The summed E-state index contributed by atoms with van der Waals surface area (Å²) in [5.74, 6) is -0.388. The van der Waals surface area contributed by atoms with E-state index in [0.717, 1.165) is 25.7 Å². The van der Waals surface area contributed by atoms with Crippen LogP contribution in [0.2, 0.25) is 0 Å². The molecule has 0 aromatic heterocycles. The summed E-state index contributed by atoms with van der Waals surface area (Å²) in [5, 5.41) is 2.77. The summed E-state index contributed by atoms with van der Waals surface area (Å²) in [4.78, 5) is 11.6. The highest BCUT2D eigenvalue weighted by molar-refractivity contribution is 5.80. The number of ether oxygens (including phenoxy) is 3. The molecular weight excluding hydrogens is 234 g/mol. The molecule has 1 N–H and O–H groups in total. The Morgan fingerprint density at radius 2 is 2.00 bits per heavy atom. The highest BCUT2D eigenvalue weighted by Crippen LogP contribution is 2.36. The van der Waals surface area contributed by atoms with Gasteiger partial charge in [-0.2, -0.15) is 0 Å². The number of hydrogen-bond donors (Lipinski definition) is 1. The van der Waals surface area contributed by atoms with Crippen LogP contribution in [0.4, 0.5) is 0 Å². The third kappa shape index (κ3) is 3.22. The molecular formula is C13H23NO4. The van der Waals surface area contributed by atoms with Crippen molar-refractivity contribution in [2.75, 3.05) is 19.8 Å². The van der Waals surface area contributed by atoms with Gasteiger partial charge >= 0.3 is 0 Å². The molecule has 1 saturated carbocycles. The Kier molecular flexibility index (Phi) is 4.59. The van der Waals surface area contributed by atoms with Crippen LogP contribution in [0, 0.1) is 0 Å². The quantitative estimate of drug-likeness (QED) is 0.822. The van der Waals surface area contributed by atoms with Crippen molar-refractivity contribution in [3.05, 3.63) is 0 Å². The molecule has 0 radical (unpaired) electrons. The zero-order chi connectivity index (χ0) is 13.0. The molecule has 1 spiro atoms. The van der Waals surface area contributed by atoms with Gasteiger partial charge in [-0.05, 0) is 26.7 Å². The fourth-order valence-electron chi connectivity index (χ4n) is 2.62. The maximum atomic E-state index is 11.6. The van der Waals surface area contributed by atoms with Gasteiger partial charge in [0.15, 0.2) is 5.79 Å². The highest BCUT2D eigenvalue weighted by atomic mass is 16.7. The van der Waals surface area contributed by atoms with E-state index in [9.17, 15) is 4.79 Å². The third-order valence-electron chi connectivity index (χ3n) is 3.62.